The molecule has 0 spiro atoms. The zero-order valence-corrected chi connectivity index (χ0v) is 12.0. The summed E-state index contributed by atoms with van der Waals surface area (Å²) < 4.78 is 10.0. The Balaban J connectivity index is 2.63. The second-order valence-corrected chi connectivity index (χ2v) is 4.16. The SMILES string of the molecule is CCOc1ncnc(N(C)CCCC(=O)OC)c1C. The number of rotatable bonds is 7. The second-order valence-electron chi connectivity index (χ2n) is 4.16. The van der Waals surface area contributed by atoms with Gasteiger partial charge >= 0.3 is 5.97 Å². The molecule has 0 radical (unpaired) electrons. The third-order valence-corrected chi connectivity index (χ3v) is 2.76. The summed E-state index contributed by atoms with van der Waals surface area (Å²) in [6, 6.07) is 0. The van der Waals surface area contributed by atoms with Crippen LogP contribution in [0.15, 0.2) is 6.33 Å². The van der Waals surface area contributed by atoms with Crippen LogP contribution in [0.2, 0.25) is 0 Å². The summed E-state index contributed by atoms with van der Waals surface area (Å²) >= 11 is 0. The molecule has 19 heavy (non-hydrogen) atoms. The van der Waals surface area contributed by atoms with Crippen LogP contribution in [0.1, 0.15) is 25.3 Å². The van der Waals surface area contributed by atoms with Gasteiger partial charge in [-0.3, -0.25) is 4.79 Å². The average molecular weight is 267 g/mol. The fraction of sp³-hybridized carbons (Fsp3) is 0.615. The van der Waals surface area contributed by atoms with E-state index in [1.807, 2.05) is 25.8 Å². The van der Waals surface area contributed by atoms with Gasteiger partial charge in [0.05, 0.1) is 19.3 Å². The van der Waals surface area contributed by atoms with Crippen LogP contribution in [-0.2, 0) is 9.53 Å². The van der Waals surface area contributed by atoms with Crippen LogP contribution in [-0.4, -0.2) is 43.2 Å². The number of hydrogen-bond acceptors (Lipinski definition) is 6. The largest absolute Gasteiger partial charge is 0.478 e. The van der Waals surface area contributed by atoms with Gasteiger partial charge in [0.2, 0.25) is 5.88 Å². The van der Waals surface area contributed by atoms with Crippen molar-refractivity contribution in [2.45, 2.75) is 26.7 Å². The lowest BCUT2D eigenvalue weighted by Crippen LogP contribution is -2.22. The van der Waals surface area contributed by atoms with Crippen molar-refractivity contribution in [1.29, 1.82) is 0 Å². The molecule has 0 fully saturated rings. The second kappa shape index (κ2) is 7.56. The summed E-state index contributed by atoms with van der Waals surface area (Å²) in [4.78, 5) is 21.4. The van der Waals surface area contributed by atoms with Crippen molar-refractivity contribution in [1.82, 2.24) is 9.97 Å². The number of aromatic nitrogens is 2. The number of hydrogen-bond donors (Lipinski definition) is 0. The molecule has 1 aromatic rings. The highest BCUT2D eigenvalue weighted by atomic mass is 16.5. The first kappa shape index (κ1) is 15.2. The predicted molar refractivity (Wildman–Crippen MR) is 72.5 cm³/mol. The summed E-state index contributed by atoms with van der Waals surface area (Å²) in [7, 11) is 3.33. The summed E-state index contributed by atoms with van der Waals surface area (Å²) in [5.74, 6) is 1.23. The van der Waals surface area contributed by atoms with Crippen LogP contribution >= 0.6 is 0 Å². The zero-order chi connectivity index (χ0) is 14.3. The molecule has 1 rings (SSSR count). The number of ether oxygens (including phenoxy) is 2. The Morgan fingerprint density at radius 2 is 2.16 bits per heavy atom. The van der Waals surface area contributed by atoms with Crippen LogP contribution in [0, 0.1) is 6.92 Å². The van der Waals surface area contributed by atoms with E-state index >= 15 is 0 Å². The summed E-state index contributed by atoms with van der Waals surface area (Å²) in [5.41, 5.74) is 0.907. The Morgan fingerprint density at radius 1 is 1.42 bits per heavy atom. The molecule has 0 aliphatic rings. The number of methoxy groups -OCH3 is 1. The molecule has 0 aliphatic carbocycles. The lowest BCUT2D eigenvalue weighted by atomic mass is 10.2. The standard InChI is InChI=1S/C13H21N3O3/c1-5-19-13-10(2)12(14-9-15-13)16(3)8-6-7-11(17)18-4/h9H,5-8H2,1-4H3. The zero-order valence-electron chi connectivity index (χ0n) is 12.0. The van der Waals surface area contributed by atoms with Gasteiger partial charge in [-0.15, -0.1) is 0 Å². The fourth-order valence-electron chi connectivity index (χ4n) is 1.76. The maximum atomic E-state index is 11.0. The molecule has 0 N–H and O–H groups in total. The molecule has 0 amide bonds. The third-order valence-electron chi connectivity index (χ3n) is 2.76. The van der Waals surface area contributed by atoms with Crippen LogP contribution in [0.25, 0.3) is 0 Å². The van der Waals surface area contributed by atoms with Crippen molar-refractivity contribution in [3.8, 4) is 5.88 Å². The van der Waals surface area contributed by atoms with E-state index in [0.29, 0.717) is 18.9 Å². The molecule has 0 aromatic carbocycles. The molecule has 0 atom stereocenters. The van der Waals surface area contributed by atoms with E-state index in [2.05, 4.69) is 14.7 Å². The molecule has 1 heterocycles. The molecule has 0 unspecified atom stereocenters. The minimum absolute atomic E-state index is 0.192. The van der Waals surface area contributed by atoms with E-state index in [1.165, 1.54) is 13.4 Å². The quantitative estimate of drug-likeness (QED) is 0.699. The molecule has 0 aliphatic heterocycles. The first-order chi connectivity index (χ1) is 9.10. The van der Waals surface area contributed by atoms with Gasteiger partial charge in [-0.2, -0.15) is 0 Å². The normalized spacial score (nSPS) is 10.1. The molecule has 0 bridgehead atoms. The van der Waals surface area contributed by atoms with Gasteiger partial charge in [0.15, 0.2) is 0 Å². The van der Waals surface area contributed by atoms with Gasteiger partial charge in [0.25, 0.3) is 0 Å². The molecule has 0 saturated carbocycles. The first-order valence-corrected chi connectivity index (χ1v) is 6.32. The summed E-state index contributed by atoms with van der Waals surface area (Å²) in [6.07, 6.45) is 2.62. The number of nitrogens with zero attached hydrogens (tertiary/aromatic N) is 3. The maximum absolute atomic E-state index is 11.0. The third kappa shape index (κ3) is 4.39. The van der Waals surface area contributed by atoms with E-state index in [0.717, 1.165) is 24.3 Å². The van der Waals surface area contributed by atoms with E-state index in [-0.39, 0.29) is 5.97 Å². The number of anilines is 1. The smallest absolute Gasteiger partial charge is 0.305 e. The van der Waals surface area contributed by atoms with E-state index in [4.69, 9.17) is 4.74 Å². The Kier molecular flexibility index (Phi) is 6.05. The lowest BCUT2D eigenvalue weighted by molar-refractivity contribution is -0.140. The molecule has 1 aromatic heterocycles. The van der Waals surface area contributed by atoms with E-state index in [1.54, 1.807) is 0 Å². The van der Waals surface area contributed by atoms with Crippen LogP contribution < -0.4 is 9.64 Å². The molecular weight excluding hydrogens is 246 g/mol. The lowest BCUT2D eigenvalue weighted by Gasteiger charge is -2.20. The van der Waals surface area contributed by atoms with Crippen LogP contribution in [0.4, 0.5) is 5.82 Å². The highest BCUT2D eigenvalue weighted by Gasteiger charge is 2.12. The van der Waals surface area contributed by atoms with E-state index < -0.39 is 0 Å². The summed E-state index contributed by atoms with van der Waals surface area (Å²) in [5, 5.41) is 0. The highest BCUT2D eigenvalue weighted by Crippen LogP contribution is 2.23. The minimum Gasteiger partial charge on any atom is -0.478 e. The first-order valence-electron chi connectivity index (χ1n) is 6.32. The van der Waals surface area contributed by atoms with Crippen molar-refractivity contribution >= 4 is 11.8 Å². The van der Waals surface area contributed by atoms with Crippen molar-refractivity contribution in [2.24, 2.45) is 0 Å². The fourth-order valence-corrected chi connectivity index (χ4v) is 1.76. The van der Waals surface area contributed by atoms with Gasteiger partial charge in [-0.25, -0.2) is 9.97 Å². The van der Waals surface area contributed by atoms with Gasteiger partial charge in [-0.05, 0) is 20.3 Å². The molecular formula is C13H21N3O3. The Morgan fingerprint density at radius 3 is 2.79 bits per heavy atom. The van der Waals surface area contributed by atoms with Crippen molar-refractivity contribution in [3.63, 3.8) is 0 Å². The van der Waals surface area contributed by atoms with E-state index in [9.17, 15) is 4.79 Å². The predicted octanol–water partition coefficient (Wildman–Crippen LogP) is 1.57. The topological polar surface area (TPSA) is 64.6 Å². The van der Waals surface area contributed by atoms with Gasteiger partial charge in [0.1, 0.15) is 12.1 Å². The Hall–Kier alpha value is -1.85. The van der Waals surface area contributed by atoms with Gasteiger partial charge in [-0.1, -0.05) is 0 Å². The van der Waals surface area contributed by atoms with Gasteiger partial charge < -0.3 is 14.4 Å². The van der Waals surface area contributed by atoms with Crippen LogP contribution in [0.5, 0.6) is 5.88 Å². The van der Waals surface area contributed by atoms with Crippen molar-refractivity contribution in [2.75, 3.05) is 32.2 Å². The molecule has 106 valence electrons. The van der Waals surface area contributed by atoms with Gasteiger partial charge in [0, 0.05) is 20.0 Å². The molecule has 6 heteroatoms. The number of carbonyl (C=O) groups excluding carboxylic acids is 1. The Labute approximate surface area is 113 Å². The Bertz CT molecular complexity index is 424. The minimum atomic E-state index is -0.192. The highest BCUT2D eigenvalue weighted by molar-refractivity contribution is 5.69. The van der Waals surface area contributed by atoms with Crippen molar-refractivity contribution < 1.29 is 14.3 Å². The maximum Gasteiger partial charge on any atom is 0.305 e. The molecule has 0 saturated heterocycles. The number of esters is 1. The number of carbonyl (C=O) groups is 1. The van der Waals surface area contributed by atoms with Crippen LogP contribution in [0.3, 0.4) is 0 Å². The molecule has 6 nitrogen and oxygen atoms in total. The summed E-state index contributed by atoms with van der Waals surface area (Å²) in [6.45, 7) is 5.14. The monoisotopic (exact) mass is 267 g/mol. The van der Waals surface area contributed by atoms with Crippen molar-refractivity contribution in [3.05, 3.63) is 11.9 Å². The average Bonchev–Trinajstić information content (AvgIpc) is 2.41.